The molecule has 5 atom stereocenters. The Kier molecular flexibility index (Phi) is 4.52. The molecule has 2 heterocycles. The molecule has 0 aromatic carbocycles. The van der Waals surface area contributed by atoms with Crippen LogP contribution in [0.1, 0.15) is 5.69 Å². The molecule has 1 fully saturated rings. The number of carboxylic acids is 1. The highest BCUT2D eigenvalue weighted by Gasteiger charge is 2.48. The van der Waals surface area contributed by atoms with Crippen molar-refractivity contribution in [1.29, 1.82) is 0 Å². The van der Waals surface area contributed by atoms with Crippen LogP contribution in [0.4, 0.5) is 0 Å². The van der Waals surface area contributed by atoms with Crippen molar-refractivity contribution >= 4 is 5.97 Å². The van der Waals surface area contributed by atoms with E-state index < -0.39 is 42.1 Å². The summed E-state index contributed by atoms with van der Waals surface area (Å²) in [6, 6.07) is 1.23. The molecule has 4 N–H and O–H groups in total. The molecule has 0 saturated carbocycles. The van der Waals surface area contributed by atoms with Crippen LogP contribution in [0.5, 0.6) is 5.75 Å². The first-order chi connectivity index (χ1) is 10.2. The smallest absolute Gasteiger partial charge is 0.335 e. The van der Waals surface area contributed by atoms with E-state index in [0.29, 0.717) is 5.69 Å². The number of ether oxygens (including phenoxy) is 2. The summed E-state index contributed by atoms with van der Waals surface area (Å²) in [4.78, 5) is 22.8. The molecular weight excluding hydrogens is 298 g/mol. The number of hydrogen-bond donors (Lipinski definition) is 4. The third-order valence-corrected chi connectivity index (χ3v) is 3.58. The van der Waals surface area contributed by atoms with Gasteiger partial charge in [0.15, 0.2) is 11.9 Å². The Bertz CT molecular complexity index is 627. The van der Waals surface area contributed by atoms with Gasteiger partial charge in [0.2, 0.25) is 11.7 Å². The zero-order valence-electron chi connectivity index (χ0n) is 11.9. The SMILES string of the molecule is Cc1c(O[C@H]2OC(C(=O)O)[C@H](O)[C@@H](O)[C@H]2O)c(=O)ccn1C. The Labute approximate surface area is 125 Å². The van der Waals surface area contributed by atoms with Crippen LogP contribution in [0.15, 0.2) is 17.1 Å². The highest BCUT2D eigenvalue weighted by Crippen LogP contribution is 2.24. The predicted octanol–water partition coefficient (Wildman–Crippen LogP) is -2.04. The fourth-order valence-corrected chi connectivity index (χ4v) is 2.11. The maximum atomic E-state index is 11.8. The highest BCUT2D eigenvalue weighted by atomic mass is 16.7. The second-order valence-electron chi connectivity index (χ2n) is 5.06. The molecule has 1 unspecified atom stereocenters. The van der Waals surface area contributed by atoms with Crippen LogP contribution in [0, 0.1) is 6.92 Å². The fourth-order valence-electron chi connectivity index (χ4n) is 2.11. The summed E-state index contributed by atoms with van der Waals surface area (Å²) >= 11 is 0. The first kappa shape index (κ1) is 16.4. The van der Waals surface area contributed by atoms with Gasteiger partial charge in [-0.3, -0.25) is 4.79 Å². The van der Waals surface area contributed by atoms with Gasteiger partial charge in [-0.15, -0.1) is 0 Å². The molecule has 2 rings (SSSR count). The van der Waals surface area contributed by atoms with Gasteiger partial charge in [0, 0.05) is 19.3 Å². The lowest BCUT2D eigenvalue weighted by molar-refractivity contribution is -0.271. The van der Waals surface area contributed by atoms with Crippen LogP contribution in [-0.2, 0) is 16.6 Å². The minimum absolute atomic E-state index is 0.137. The van der Waals surface area contributed by atoms with E-state index in [9.17, 15) is 24.9 Å². The number of carbonyl (C=O) groups is 1. The lowest BCUT2D eigenvalue weighted by Crippen LogP contribution is -2.61. The Hall–Kier alpha value is -1.94. The minimum atomic E-state index is -1.81. The molecule has 9 heteroatoms. The maximum absolute atomic E-state index is 11.8. The Morgan fingerprint density at radius 1 is 1.27 bits per heavy atom. The van der Waals surface area contributed by atoms with Gasteiger partial charge in [-0.1, -0.05) is 0 Å². The summed E-state index contributed by atoms with van der Waals surface area (Å²) in [7, 11) is 1.67. The summed E-state index contributed by atoms with van der Waals surface area (Å²) < 4.78 is 11.8. The van der Waals surface area contributed by atoms with Crippen molar-refractivity contribution in [3.05, 3.63) is 28.2 Å². The molecule has 22 heavy (non-hydrogen) atoms. The second kappa shape index (κ2) is 6.05. The van der Waals surface area contributed by atoms with Crippen molar-refractivity contribution in [3.63, 3.8) is 0 Å². The van der Waals surface area contributed by atoms with E-state index in [1.54, 1.807) is 18.5 Å². The summed E-state index contributed by atoms with van der Waals surface area (Å²) in [5, 5.41) is 38.1. The van der Waals surface area contributed by atoms with Gasteiger partial charge < -0.3 is 34.5 Å². The van der Waals surface area contributed by atoms with Crippen molar-refractivity contribution in [1.82, 2.24) is 4.57 Å². The zero-order valence-corrected chi connectivity index (χ0v) is 11.9. The standard InChI is InChI=1S/C13H17NO8/c1-5-10(6(15)3-4-14(5)2)21-13-9(18)7(16)8(17)11(22-13)12(19)20/h3-4,7-9,11,13,16-18H,1-2H3,(H,19,20)/t7-,8-,9-,11?,13+/m1/s1. The van der Waals surface area contributed by atoms with E-state index >= 15 is 0 Å². The van der Waals surface area contributed by atoms with Crippen molar-refractivity contribution in [2.75, 3.05) is 0 Å². The van der Waals surface area contributed by atoms with Gasteiger partial charge in [0.1, 0.15) is 18.3 Å². The first-order valence-electron chi connectivity index (χ1n) is 6.49. The van der Waals surface area contributed by atoms with Crippen LogP contribution in [-0.4, -0.2) is 61.7 Å². The van der Waals surface area contributed by atoms with Crippen LogP contribution in [0.25, 0.3) is 0 Å². The third-order valence-electron chi connectivity index (χ3n) is 3.58. The minimum Gasteiger partial charge on any atom is -0.479 e. The average Bonchev–Trinajstić information content (AvgIpc) is 2.47. The number of hydrogen-bond acceptors (Lipinski definition) is 7. The van der Waals surface area contributed by atoms with Crippen LogP contribution in [0.2, 0.25) is 0 Å². The second-order valence-corrected chi connectivity index (χ2v) is 5.06. The molecule has 122 valence electrons. The quantitative estimate of drug-likeness (QED) is 0.501. The van der Waals surface area contributed by atoms with Crippen LogP contribution < -0.4 is 10.2 Å². The van der Waals surface area contributed by atoms with Crippen molar-refractivity contribution in [2.45, 2.75) is 37.6 Å². The summed E-state index contributed by atoms with van der Waals surface area (Å²) in [5.74, 6) is -1.66. The van der Waals surface area contributed by atoms with Crippen molar-refractivity contribution in [2.24, 2.45) is 7.05 Å². The van der Waals surface area contributed by atoms with Gasteiger partial charge in [-0.05, 0) is 6.92 Å². The monoisotopic (exact) mass is 315 g/mol. The molecule has 0 aliphatic carbocycles. The molecule has 0 amide bonds. The van der Waals surface area contributed by atoms with Gasteiger partial charge in [-0.25, -0.2) is 4.79 Å². The number of nitrogens with zero attached hydrogens (tertiary/aromatic N) is 1. The van der Waals surface area contributed by atoms with Crippen molar-refractivity contribution in [3.8, 4) is 5.75 Å². The van der Waals surface area contributed by atoms with E-state index in [1.165, 1.54) is 12.3 Å². The van der Waals surface area contributed by atoms with Crippen LogP contribution >= 0.6 is 0 Å². The maximum Gasteiger partial charge on any atom is 0.335 e. The van der Waals surface area contributed by atoms with E-state index in [0.717, 1.165) is 0 Å². The molecule has 0 spiro atoms. The Morgan fingerprint density at radius 3 is 2.50 bits per heavy atom. The molecule has 1 aliphatic rings. The number of aliphatic hydroxyl groups excluding tert-OH is 3. The molecule has 9 nitrogen and oxygen atoms in total. The third kappa shape index (κ3) is 2.83. The number of aliphatic hydroxyl groups is 3. The van der Waals surface area contributed by atoms with E-state index in [1.807, 2.05) is 0 Å². The van der Waals surface area contributed by atoms with Gasteiger partial charge >= 0.3 is 5.97 Å². The number of carboxylic acid groups (broad SMARTS) is 1. The summed E-state index contributed by atoms with van der Waals surface area (Å²) in [5.41, 5.74) is -0.0605. The molecular formula is C13H17NO8. The van der Waals surface area contributed by atoms with E-state index in [-0.39, 0.29) is 5.75 Å². The molecule has 1 aromatic heterocycles. The molecule has 1 aliphatic heterocycles. The Morgan fingerprint density at radius 2 is 1.91 bits per heavy atom. The number of pyridine rings is 1. The zero-order chi connectivity index (χ0) is 16.6. The van der Waals surface area contributed by atoms with Crippen LogP contribution in [0.3, 0.4) is 0 Å². The number of aryl methyl sites for hydroxylation is 1. The van der Waals surface area contributed by atoms with Gasteiger partial charge in [-0.2, -0.15) is 0 Å². The summed E-state index contributed by atoms with van der Waals surface area (Å²) in [6.07, 6.45) is -7.18. The summed E-state index contributed by atoms with van der Waals surface area (Å²) in [6.45, 7) is 1.59. The average molecular weight is 315 g/mol. The van der Waals surface area contributed by atoms with Gasteiger partial charge in [0.05, 0.1) is 5.69 Å². The van der Waals surface area contributed by atoms with E-state index in [2.05, 4.69) is 0 Å². The molecule has 0 bridgehead atoms. The largest absolute Gasteiger partial charge is 0.479 e. The highest BCUT2D eigenvalue weighted by molar-refractivity contribution is 5.73. The molecule has 0 radical (unpaired) electrons. The predicted molar refractivity (Wildman–Crippen MR) is 71.4 cm³/mol. The first-order valence-corrected chi connectivity index (χ1v) is 6.49. The van der Waals surface area contributed by atoms with E-state index in [4.69, 9.17) is 14.6 Å². The topological polar surface area (TPSA) is 138 Å². The number of aromatic nitrogens is 1. The van der Waals surface area contributed by atoms with Crippen molar-refractivity contribution < 1.29 is 34.7 Å². The lowest BCUT2D eigenvalue weighted by Gasteiger charge is -2.38. The molecule has 1 saturated heterocycles. The Balaban J connectivity index is 2.31. The fraction of sp³-hybridized carbons (Fsp3) is 0.538. The number of aliphatic carboxylic acids is 1. The normalized spacial score (nSPS) is 31.8. The van der Waals surface area contributed by atoms with Gasteiger partial charge in [0.25, 0.3) is 0 Å². The lowest BCUT2D eigenvalue weighted by atomic mass is 9.99. The molecule has 1 aromatic rings. The number of rotatable bonds is 3.